The summed E-state index contributed by atoms with van der Waals surface area (Å²) in [7, 11) is 2.99. The van der Waals surface area contributed by atoms with Crippen molar-refractivity contribution in [1.82, 2.24) is 9.78 Å². The largest absolute Gasteiger partial charge is 0.495 e. The molecule has 2 aromatic carbocycles. The highest BCUT2D eigenvalue weighted by Crippen LogP contribution is 2.36. The Kier molecular flexibility index (Phi) is 6.70. The van der Waals surface area contributed by atoms with E-state index in [1.165, 1.54) is 18.9 Å². The second-order valence-corrected chi connectivity index (χ2v) is 8.39. The van der Waals surface area contributed by atoms with Gasteiger partial charge < -0.3 is 14.8 Å². The third-order valence-electron chi connectivity index (χ3n) is 5.95. The molecule has 1 aliphatic carbocycles. The second-order valence-electron chi connectivity index (χ2n) is 7.98. The summed E-state index contributed by atoms with van der Waals surface area (Å²) in [5, 5.41) is 7.82. The number of hydrogen-bond donors (Lipinski definition) is 1. The van der Waals surface area contributed by atoms with E-state index in [1.807, 2.05) is 30.3 Å². The average Bonchev–Trinajstić information content (AvgIpc) is 2.84. The maximum atomic E-state index is 13.3. The number of methoxy groups -OCH3 is 2. The second kappa shape index (κ2) is 9.67. The zero-order chi connectivity index (χ0) is 23.5. The molecule has 0 saturated heterocycles. The highest BCUT2D eigenvalue weighted by Gasteiger charge is 2.26. The van der Waals surface area contributed by atoms with Crippen molar-refractivity contribution in [2.45, 2.75) is 38.6 Å². The Labute approximate surface area is 197 Å². The lowest BCUT2D eigenvalue weighted by Crippen LogP contribution is -2.37. The molecule has 0 fully saturated rings. The van der Waals surface area contributed by atoms with E-state index in [4.69, 9.17) is 21.1 Å². The molecule has 0 radical (unpaired) electrons. The van der Waals surface area contributed by atoms with Crippen LogP contribution in [-0.4, -0.2) is 29.9 Å². The van der Waals surface area contributed by atoms with Crippen LogP contribution in [0.5, 0.6) is 11.5 Å². The van der Waals surface area contributed by atoms with Crippen molar-refractivity contribution < 1.29 is 14.3 Å². The standard InChI is InChI=1S/C25H26ClN3O4/c1-15(24(30)27-20-13-19(26)21(32-2)14-22(20)33-3)29-25(31)18-12-8-7-11-17(18)23(28-29)16-9-5-4-6-10-16/h4-6,9-10,13-15H,7-8,11-12H2,1-3H3,(H,27,30)/t15-/m1/s1. The molecule has 3 aromatic rings. The minimum Gasteiger partial charge on any atom is -0.495 e. The fraction of sp³-hybridized carbons (Fsp3) is 0.320. The smallest absolute Gasteiger partial charge is 0.271 e. The van der Waals surface area contributed by atoms with Crippen LogP contribution in [0.3, 0.4) is 0 Å². The summed E-state index contributed by atoms with van der Waals surface area (Å²) >= 11 is 6.23. The number of anilines is 1. The molecule has 0 unspecified atom stereocenters. The number of carbonyl (C=O) groups excluding carboxylic acids is 1. The van der Waals surface area contributed by atoms with Gasteiger partial charge in [0.25, 0.3) is 5.56 Å². The summed E-state index contributed by atoms with van der Waals surface area (Å²) in [4.78, 5) is 26.5. The molecule has 7 nitrogen and oxygen atoms in total. The minimum absolute atomic E-state index is 0.216. The Morgan fingerprint density at radius 1 is 1.06 bits per heavy atom. The molecule has 1 heterocycles. The van der Waals surface area contributed by atoms with Crippen LogP contribution in [0.2, 0.25) is 5.02 Å². The van der Waals surface area contributed by atoms with E-state index in [1.54, 1.807) is 19.1 Å². The highest BCUT2D eigenvalue weighted by atomic mass is 35.5. The van der Waals surface area contributed by atoms with Crippen LogP contribution in [0.15, 0.2) is 47.3 Å². The van der Waals surface area contributed by atoms with Crippen LogP contribution in [0, 0.1) is 0 Å². The lowest BCUT2D eigenvalue weighted by Gasteiger charge is -2.23. The number of halogens is 1. The monoisotopic (exact) mass is 467 g/mol. The van der Waals surface area contributed by atoms with Crippen LogP contribution < -0.4 is 20.3 Å². The number of fused-ring (bicyclic) bond motifs is 1. The fourth-order valence-electron chi connectivity index (χ4n) is 4.15. The lowest BCUT2D eigenvalue weighted by molar-refractivity contribution is -0.119. The number of carbonyl (C=O) groups is 1. The maximum Gasteiger partial charge on any atom is 0.271 e. The first-order valence-corrected chi connectivity index (χ1v) is 11.2. The Hall–Kier alpha value is -3.32. The van der Waals surface area contributed by atoms with Crippen molar-refractivity contribution in [3.8, 4) is 22.8 Å². The topological polar surface area (TPSA) is 82.4 Å². The minimum atomic E-state index is -0.849. The van der Waals surface area contributed by atoms with Crippen molar-refractivity contribution in [2.24, 2.45) is 0 Å². The van der Waals surface area contributed by atoms with Gasteiger partial charge in [0.15, 0.2) is 0 Å². The third kappa shape index (κ3) is 4.46. The van der Waals surface area contributed by atoms with Gasteiger partial charge in [-0.05, 0) is 44.2 Å². The van der Waals surface area contributed by atoms with E-state index in [9.17, 15) is 9.59 Å². The zero-order valence-corrected chi connectivity index (χ0v) is 19.6. The van der Waals surface area contributed by atoms with Crippen LogP contribution in [0.4, 0.5) is 5.69 Å². The molecule has 0 spiro atoms. The van der Waals surface area contributed by atoms with Crippen LogP contribution >= 0.6 is 11.6 Å². The summed E-state index contributed by atoms with van der Waals surface area (Å²) in [6.45, 7) is 1.66. The van der Waals surface area contributed by atoms with Crippen molar-refractivity contribution in [1.29, 1.82) is 0 Å². The highest BCUT2D eigenvalue weighted by molar-refractivity contribution is 6.32. The van der Waals surface area contributed by atoms with E-state index >= 15 is 0 Å². The molecule has 4 rings (SSSR count). The number of hydrogen-bond acceptors (Lipinski definition) is 5. The van der Waals surface area contributed by atoms with Crippen LogP contribution in [0.1, 0.15) is 36.9 Å². The molecule has 0 aliphatic heterocycles. The molecule has 1 aliphatic rings. The first-order valence-electron chi connectivity index (χ1n) is 10.9. The molecule has 1 N–H and O–H groups in total. The first-order chi connectivity index (χ1) is 15.9. The van der Waals surface area contributed by atoms with Gasteiger partial charge in [-0.15, -0.1) is 0 Å². The number of ether oxygens (including phenoxy) is 2. The Morgan fingerprint density at radius 2 is 1.73 bits per heavy atom. The van der Waals surface area contributed by atoms with Crippen molar-refractivity contribution in [3.05, 3.63) is 69.0 Å². The summed E-state index contributed by atoms with van der Waals surface area (Å²) in [6.07, 6.45) is 3.46. The fourth-order valence-corrected chi connectivity index (χ4v) is 4.39. The van der Waals surface area contributed by atoms with E-state index in [2.05, 4.69) is 10.4 Å². The van der Waals surface area contributed by atoms with Gasteiger partial charge in [-0.3, -0.25) is 9.59 Å². The summed E-state index contributed by atoms with van der Waals surface area (Å²) in [5.74, 6) is 0.422. The van der Waals surface area contributed by atoms with E-state index in [0.29, 0.717) is 28.6 Å². The van der Waals surface area contributed by atoms with Gasteiger partial charge in [0.1, 0.15) is 17.5 Å². The van der Waals surface area contributed by atoms with Gasteiger partial charge >= 0.3 is 0 Å². The van der Waals surface area contributed by atoms with Crippen molar-refractivity contribution in [3.63, 3.8) is 0 Å². The van der Waals surface area contributed by atoms with Crippen LogP contribution in [0.25, 0.3) is 11.3 Å². The summed E-state index contributed by atoms with van der Waals surface area (Å²) < 4.78 is 11.9. The van der Waals surface area contributed by atoms with Gasteiger partial charge in [0.05, 0.1) is 30.6 Å². The predicted molar refractivity (Wildman–Crippen MR) is 128 cm³/mol. The van der Waals surface area contributed by atoms with Gasteiger partial charge in [0, 0.05) is 17.2 Å². The summed E-state index contributed by atoms with van der Waals surface area (Å²) in [5.41, 5.74) is 3.60. The Balaban J connectivity index is 1.73. The molecule has 172 valence electrons. The molecule has 0 bridgehead atoms. The number of aromatic nitrogens is 2. The van der Waals surface area contributed by atoms with Crippen molar-refractivity contribution in [2.75, 3.05) is 19.5 Å². The molecule has 8 heteroatoms. The van der Waals surface area contributed by atoms with Gasteiger partial charge in [-0.2, -0.15) is 5.10 Å². The van der Waals surface area contributed by atoms with Gasteiger partial charge in [0.2, 0.25) is 5.91 Å². The first kappa shape index (κ1) is 22.9. The molecule has 1 amide bonds. The van der Waals surface area contributed by atoms with Crippen molar-refractivity contribution >= 4 is 23.2 Å². The number of rotatable bonds is 6. The normalized spacial score (nSPS) is 13.7. The quantitative estimate of drug-likeness (QED) is 0.570. The number of nitrogens with one attached hydrogen (secondary N) is 1. The average molecular weight is 468 g/mol. The Morgan fingerprint density at radius 3 is 2.39 bits per heavy atom. The number of amides is 1. The number of nitrogens with zero attached hydrogens (tertiary/aromatic N) is 2. The molecule has 1 aromatic heterocycles. The molecular formula is C25H26ClN3O4. The van der Waals surface area contributed by atoms with Gasteiger partial charge in [-0.1, -0.05) is 41.9 Å². The molecule has 1 atom stereocenters. The van der Waals surface area contributed by atoms with E-state index in [0.717, 1.165) is 41.6 Å². The van der Waals surface area contributed by atoms with Crippen LogP contribution in [-0.2, 0) is 17.6 Å². The third-order valence-corrected chi connectivity index (χ3v) is 6.25. The van der Waals surface area contributed by atoms with E-state index < -0.39 is 11.9 Å². The predicted octanol–water partition coefficient (Wildman–Crippen LogP) is 4.66. The SMILES string of the molecule is COc1cc(OC)c(NC(=O)[C@@H](C)n2nc(-c3ccccc3)c3c(c2=O)CCCC3)cc1Cl. The maximum absolute atomic E-state index is 13.3. The van der Waals surface area contributed by atoms with E-state index in [-0.39, 0.29) is 5.56 Å². The Bertz CT molecular complexity index is 1240. The zero-order valence-electron chi connectivity index (χ0n) is 18.9. The molecule has 0 saturated carbocycles. The number of benzene rings is 2. The summed E-state index contributed by atoms with van der Waals surface area (Å²) in [6, 6.07) is 12.1. The molecular weight excluding hydrogens is 442 g/mol. The molecule has 33 heavy (non-hydrogen) atoms. The lowest BCUT2D eigenvalue weighted by atomic mass is 9.89. The van der Waals surface area contributed by atoms with Gasteiger partial charge in [-0.25, -0.2) is 4.68 Å².